The highest BCUT2D eigenvalue weighted by molar-refractivity contribution is 8.08. The van der Waals surface area contributed by atoms with Crippen molar-refractivity contribution < 1.29 is 52.7 Å². The van der Waals surface area contributed by atoms with Crippen molar-refractivity contribution in [2.24, 2.45) is 7.05 Å². The van der Waals surface area contributed by atoms with E-state index in [9.17, 15) is 24.8 Å². The number of aliphatic hydroxyl groups is 2. The van der Waals surface area contributed by atoms with E-state index in [1.165, 1.54) is 22.5 Å². The van der Waals surface area contributed by atoms with E-state index in [1.54, 1.807) is 0 Å². The summed E-state index contributed by atoms with van der Waals surface area (Å²) in [6.45, 7) is -5.00. The highest BCUT2D eigenvalue weighted by Crippen LogP contribution is 2.58. The quantitative estimate of drug-likeness (QED) is 0.180. The Hall–Kier alpha value is -1.29. The number of hydrogen-bond donors (Lipinski definition) is 6. The first kappa shape index (κ1) is 22.4. The lowest BCUT2D eigenvalue weighted by molar-refractivity contribution is -0.745. The fraction of sp³-hybridized carbons (Fsp3) is 0.545. The van der Waals surface area contributed by atoms with Crippen LogP contribution in [0.25, 0.3) is 11.2 Å². The molecule has 7 N–H and O–H groups in total. The minimum Gasteiger partial charge on any atom is -0.856 e. The number of aliphatic hydroxyl groups excluding tert-OH is 2. The molecule has 0 radical (unpaired) electrons. The van der Waals surface area contributed by atoms with Gasteiger partial charge in [-0.15, -0.1) is 0 Å². The predicted octanol–water partition coefficient (Wildman–Crippen LogP) is -3.13. The summed E-state index contributed by atoms with van der Waals surface area (Å²) in [4.78, 5) is 34.6. The number of nitrogens with zero attached hydrogens (tertiary/aromatic N) is 4. The number of rotatable bonds is 6. The molecule has 1 saturated heterocycles. The van der Waals surface area contributed by atoms with Gasteiger partial charge < -0.3 is 45.0 Å². The summed E-state index contributed by atoms with van der Waals surface area (Å²) in [6.07, 6.45) is -4.20. The van der Waals surface area contributed by atoms with Crippen LogP contribution in [0.3, 0.4) is 0 Å². The zero-order valence-electron chi connectivity index (χ0n) is 14.5. The lowest BCUT2D eigenvalue weighted by Crippen LogP contribution is -2.46. The van der Waals surface area contributed by atoms with Gasteiger partial charge in [0, 0.05) is 5.88 Å². The molecule has 1 unspecified atom stereocenters. The van der Waals surface area contributed by atoms with Crippen LogP contribution in [0.2, 0.25) is 0 Å². The molecule has 0 amide bonds. The molecule has 3 rings (SSSR count). The third-order valence-corrected chi connectivity index (χ3v) is 7.04. The second-order valence-corrected chi connectivity index (χ2v) is 10.3. The molecule has 162 valence electrons. The molecule has 18 heteroatoms. The summed E-state index contributed by atoms with van der Waals surface area (Å²) < 4.78 is 27.7. The van der Waals surface area contributed by atoms with Crippen molar-refractivity contribution in [1.82, 2.24) is 14.5 Å². The number of hydrogen-bond acceptors (Lipinski definition) is 11. The molecule has 2 aromatic rings. The van der Waals surface area contributed by atoms with Gasteiger partial charge in [0.25, 0.3) is 5.95 Å². The van der Waals surface area contributed by atoms with E-state index < -0.39 is 51.6 Å². The smallest absolute Gasteiger partial charge is 0.476 e. The summed E-state index contributed by atoms with van der Waals surface area (Å²) >= 11 is 4.47. The van der Waals surface area contributed by atoms with Crippen molar-refractivity contribution in [3.63, 3.8) is 0 Å². The Bertz CT molecular complexity index is 1030. The molecule has 1 fully saturated rings. The fourth-order valence-electron chi connectivity index (χ4n) is 2.84. The number of aryl methyl sites for hydroxylation is 1. The second-order valence-electron chi connectivity index (χ2n) is 6.08. The SMILES string of the molecule is Cn1c[n+]([C@@H]2O[C@H](COP(O)(=S)OP(=O)(O)O)[C@@H](O)[C@H]2O)c2nc(N)nc([O-])c21. The third kappa shape index (κ3) is 4.73. The Balaban J connectivity index is 1.83. The monoisotopic (exact) mass is 473 g/mol. The normalized spacial score (nSPS) is 27.4. The van der Waals surface area contributed by atoms with Gasteiger partial charge in [-0.05, 0) is 11.8 Å². The summed E-state index contributed by atoms with van der Waals surface area (Å²) in [7, 11) is -3.59. The first-order valence-corrected chi connectivity index (χ1v) is 11.9. The number of imidazole rings is 1. The van der Waals surface area contributed by atoms with E-state index in [-0.39, 0.29) is 17.1 Å². The van der Waals surface area contributed by atoms with Crippen molar-refractivity contribution in [2.45, 2.75) is 24.5 Å². The van der Waals surface area contributed by atoms with Crippen LogP contribution in [0.4, 0.5) is 5.95 Å². The summed E-state index contributed by atoms with van der Waals surface area (Å²) in [5, 5.41) is 32.6. The van der Waals surface area contributed by atoms with E-state index >= 15 is 0 Å². The molecular weight excluding hydrogens is 456 g/mol. The van der Waals surface area contributed by atoms with Crippen LogP contribution in [0.1, 0.15) is 6.23 Å². The average Bonchev–Trinajstić information content (AvgIpc) is 3.01. The zero-order valence-corrected chi connectivity index (χ0v) is 17.1. The van der Waals surface area contributed by atoms with Gasteiger partial charge in [-0.25, -0.2) is 18.4 Å². The largest absolute Gasteiger partial charge is 0.856 e. The highest BCUT2D eigenvalue weighted by atomic mass is 32.5. The Morgan fingerprint density at radius 3 is 2.66 bits per heavy atom. The Morgan fingerprint density at radius 2 is 2.03 bits per heavy atom. The second kappa shape index (κ2) is 7.76. The van der Waals surface area contributed by atoms with Gasteiger partial charge in [-0.2, -0.15) is 0 Å². The van der Waals surface area contributed by atoms with E-state index in [0.717, 1.165) is 0 Å². The number of nitrogens with two attached hydrogens (primary N) is 1. The molecule has 5 atom stereocenters. The molecule has 0 saturated carbocycles. The number of ether oxygens (including phenoxy) is 1. The molecule has 15 nitrogen and oxygen atoms in total. The van der Waals surface area contributed by atoms with Gasteiger partial charge in [-0.3, -0.25) is 4.57 Å². The van der Waals surface area contributed by atoms with Crippen LogP contribution in [-0.2, 0) is 37.0 Å². The van der Waals surface area contributed by atoms with Crippen molar-refractivity contribution in [3.8, 4) is 5.88 Å². The molecule has 29 heavy (non-hydrogen) atoms. The zero-order chi connectivity index (χ0) is 21.7. The van der Waals surface area contributed by atoms with E-state index in [4.69, 9.17) is 24.8 Å². The maximum Gasteiger partial charge on any atom is 0.476 e. The van der Waals surface area contributed by atoms with Gasteiger partial charge in [-0.1, -0.05) is 4.98 Å². The van der Waals surface area contributed by atoms with Crippen LogP contribution in [-0.4, -0.2) is 64.3 Å². The van der Waals surface area contributed by atoms with E-state index in [0.29, 0.717) is 0 Å². The van der Waals surface area contributed by atoms with E-state index in [2.05, 4.69) is 26.1 Å². The molecule has 0 spiro atoms. The van der Waals surface area contributed by atoms with Crippen molar-refractivity contribution in [2.75, 3.05) is 12.3 Å². The molecule has 2 aromatic heterocycles. The Kier molecular flexibility index (Phi) is 5.99. The molecule has 0 aromatic carbocycles. The first-order valence-electron chi connectivity index (χ1n) is 7.75. The third-order valence-electron chi connectivity index (χ3n) is 3.97. The van der Waals surface area contributed by atoms with Crippen LogP contribution in [0.5, 0.6) is 5.88 Å². The topological polar surface area (TPSA) is 230 Å². The number of nitrogen functional groups attached to an aromatic ring is 1. The van der Waals surface area contributed by atoms with Gasteiger partial charge in [0.2, 0.25) is 6.23 Å². The molecule has 1 aliphatic heterocycles. The van der Waals surface area contributed by atoms with Gasteiger partial charge >= 0.3 is 20.2 Å². The Morgan fingerprint density at radius 1 is 1.38 bits per heavy atom. The average molecular weight is 473 g/mol. The lowest BCUT2D eigenvalue weighted by Gasteiger charge is -2.19. The van der Waals surface area contributed by atoms with Crippen LogP contribution >= 0.6 is 14.5 Å². The summed E-state index contributed by atoms with van der Waals surface area (Å²) in [5.41, 5.74) is 5.62. The van der Waals surface area contributed by atoms with Crippen molar-refractivity contribution >= 4 is 43.5 Å². The maximum atomic E-state index is 12.0. The minimum atomic E-state index is -5.11. The lowest BCUT2D eigenvalue weighted by atomic mass is 10.1. The summed E-state index contributed by atoms with van der Waals surface area (Å²) in [6, 6.07) is 0. The summed E-state index contributed by atoms with van der Waals surface area (Å²) in [5.74, 6) is -0.955. The van der Waals surface area contributed by atoms with Crippen LogP contribution < -0.4 is 15.4 Å². The minimum absolute atomic E-state index is 0.0416. The first-order chi connectivity index (χ1) is 13.3. The van der Waals surface area contributed by atoms with Crippen molar-refractivity contribution in [3.05, 3.63) is 6.33 Å². The highest BCUT2D eigenvalue weighted by Gasteiger charge is 2.47. The van der Waals surface area contributed by atoms with Crippen LogP contribution in [0, 0.1) is 0 Å². The van der Waals surface area contributed by atoms with Crippen molar-refractivity contribution in [1.29, 1.82) is 0 Å². The standard InChI is InChI=1S/C11H17N5O10P2S/c1-15-3-16(8-5(15)9(19)14-11(12)13-8)10-7(18)6(17)4(25-10)2-24-28(23,29)26-27(20,21)22/h3-4,6-7,10,17-18H,2H2,1H3,(H5-,12,13,14,19,20,21,22,23,29)/t4-,6-,7-,10-,28?/m1/s1. The maximum absolute atomic E-state index is 12.0. The molecule has 0 aliphatic carbocycles. The van der Waals surface area contributed by atoms with Gasteiger partial charge in [0.15, 0.2) is 11.8 Å². The predicted molar refractivity (Wildman–Crippen MR) is 94.1 cm³/mol. The van der Waals surface area contributed by atoms with Gasteiger partial charge in [0.1, 0.15) is 18.3 Å². The van der Waals surface area contributed by atoms with Crippen LogP contribution in [0.15, 0.2) is 6.33 Å². The molecule has 3 heterocycles. The number of anilines is 1. The number of aromatic nitrogens is 4. The number of phosphoric acid groups is 1. The molecule has 1 aliphatic rings. The van der Waals surface area contributed by atoms with Gasteiger partial charge in [0.05, 0.1) is 13.7 Å². The molecular formula is C11H17N5O10P2S. The Labute approximate surface area is 167 Å². The molecule has 0 bridgehead atoms. The van der Waals surface area contributed by atoms with E-state index in [1.807, 2.05) is 0 Å². The fourth-order valence-corrected chi connectivity index (χ4v) is 5.40. The number of fused-ring (bicyclic) bond motifs is 1.